The standard InChI is InChI=1S/C21H23N3O4/c1-4-21(16-10-6-5-7-11-16)19(26)24(20(27)22-21)23-18(25)13-28-17-12-8-9-14(2)15(17)3/h5-12H,4,13H2,1-3H3,(H,22,27)(H,23,25)/t21-/m0/s1. The molecule has 0 radical (unpaired) electrons. The van der Waals surface area contributed by atoms with Gasteiger partial charge in [-0.1, -0.05) is 49.4 Å². The molecule has 2 aromatic carbocycles. The lowest BCUT2D eigenvalue weighted by molar-refractivity contribution is -0.140. The first-order valence-electron chi connectivity index (χ1n) is 9.09. The molecule has 1 aliphatic rings. The molecule has 0 bridgehead atoms. The highest BCUT2D eigenvalue weighted by molar-refractivity contribution is 6.08. The van der Waals surface area contributed by atoms with Gasteiger partial charge in [0, 0.05) is 0 Å². The number of nitrogens with zero attached hydrogens (tertiary/aromatic N) is 1. The number of imide groups is 1. The van der Waals surface area contributed by atoms with Crippen molar-refractivity contribution in [3.63, 3.8) is 0 Å². The first-order chi connectivity index (χ1) is 13.4. The van der Waals surface area contributed by atoms with Gasteiger partial charge in [0.05, 0.1) is 0 Å². The van der Waals surface area contributed by atoms with Gasteiger partial charge in [-0.15, -0.1) is 0 Å². The summed E-state index contributed by atoms with van der Waals surface area (Å²) in [4.78, 5) is 37.6. The van der Waals surface area contributed by atoms with Crippen LogP contribution in [0.2, 0.25) is 0 Å². The lowest BCUT2D eigenvalue weighted by atomic mass is 9.87. The second kappa shape index (κ2) is 7.72. The SMILES string of the molecule is CC[C@@]1(c2ccccc2)NC(=O)N(NC(=O)COc2cccc(C)c2C)C1=O. The van der Waals surface area contributed by atoms with E-state index in [0.717, 1.165) is 16.1 Å². The molecule has 1 fully saturated rings. The molecule has 2 aromatic rings. The fourth-order valence-corrected chi connectivity index (χ4v) is 3.22. The molecule has 1 aliphatic heterocycles. The lowest BCUT2D eigenvalue weighted by Gasteiger charge is -2.25. The van der Waals surface area contributed by atoms with E-state index in [9.17, 15) is 14.4 Å². The van der Waals surface area contributed by atoms with Gasteiger partial charge in [0.2, 0.25) is 0 Å². The first-order valence-corrected chi connectivity index (χ1v) is 9.09. The van der Waals surface area contributed by atoms with Crippen molar-refractivity contribution in [1.29, 1.82) is 0 Å². The van der Waals surface area contributed by atoms with Crippen LogP contribution in [0, 0.1) is 13.8 Å². The Labute approximate surface area is 163 Å². The van der Waals surface area contributed by atoms with Gasteiger partial charge in [-0.3, -0.25) is 15.0 Å². The number of carbonyl (C=O) groups excluding carboxylic acids is 3. The van der Waals surface area contributed by atoms with E-state index >= 15 is 0 Å². The second-order valence-electron chi connectivity index (χ2n) is 6.72. The van der Waals surface area contributed by atoms with E-state index in [1.165, 1.54) is 0 Å². The van der Waals surface area contributed by atoms with E-state index in [4.69, 9.17) is 4.74 Å². The Morgan fingerprint density at radius 1 is 1.11 bits per heavy atom. The molecular formula is C21H23N3O4. The van der Waals surface area contributed by atoms with E-state index in [1.54, 1.807) is 37.3 Å². The van der Waals surface area contributed by atoms with Crippen molar-refractivity contribution in [2.45, 2.75) is 32.7 Å². The molecule has 28 heavy (non-hydrogen) atoms. The van der Waals surface area contributed by atoms with Crippen LogP contribution in [0.1, 0.15) is 30.0 Å². The predicted octanol–water partition coefficient (Wildman–Crippen LogP) is 2.57. The van der Waals surface area contributed by atoms with Crippen LogP contribution in [0.3, 0.4) is 0 Å². The van der Waals surface area contributed by atoms with Crippen molar-refractivity contribution in [3.8, 4) is 5.75 Å². The number of carbonyl (C=O) groups is 3. The lowest BCUT2D eigenvalue weighted by Crippen LogP contribution is -2.49. The first kappa shape index (κ1) is 19.4. The molecular weight excluding hydrogens is 358 g/mol. The largest absolute Gasteiger partial charge is 0.483 e. The monoisotopic (exact) mass is 381 g/mol. The Kier molecular flexibility index (Phi) is 5.35. The van der Waals surface area contributed by atoms with Crippen LogP contribution in [0.15, 0.2) is 48.5 Å². The van der Waals surface area contributed by atoms with Gasteiger partial charge >= 0.3 is 6.03 Å². The fourth-order valence-electron chi connectivity index (χ4n) is 3.22. The number of hydrogen-bond acceptors (Lipinski definition) is 4. The third-order valence-electron chi connectivity index (χ3n) is 5.04. The summed E-state index contributed by atoms with van der Waals surface area (Å²) in [5, 5.41) is 3.44. The number of benzene rings is 2. The molecule has 7 heteroatoms. The van der Waals surface area contributed by atoms with Crippen LogP contribution >= 0.6 is 0 Å². The maximum Gasteiger partial charge on any atom is 0.344 e. The number of nitrogens with one attached hydrogen (secondary N) is 2. The fraction of sp³-hybridized carbons (Fsp3) is 0.286. The van der Waals surface area contributed by atoms with Crippen LogP contribution in [0.5, 0.6) is 5.75 Å². The number of urea groups is 1. The van der Waals surface area contributed by atoms with E-state index in [2.05, 4.69) is 10.7 Å². The summed E-state index contributed by atoms with van der Waals surface area (Å²) in [5.74, 6) is -0.532. The summed E-state index contributed by atoms with van der Waals surface area (Å²) in [5.41, 5.74) is 3.79. The highest BCUT2D eigenvalue weighted by Crippen LogP contribution is 2.31. The summed E-state index contributed by atoms with van der Waals surface area (Å²) in [7, 11) is 0. The summed E-state index contributed by atoms with van der Waals surface area (Å²) in [6.45, 7) is 5.34. The van der Waals surface area contributed by atoms with Gasteiger partial charge in [0.25, 0.3) is 11.8 Å². The molecule has 2 N–H and O–H groups in total. The average Bonchev–Trinajstić information content (AvgIpc) is 2.95. The Morgan fingerprint density at radius 2 is 1.82 bits per heavy atom. The molecule has 0 spiro atoms. The van der Waals surface area contributed by atoms with Crippen molar-refractivity contribution in [2.24, 2.45) is 0 Å². The number of aryl methyl sites for hydroxylation is 1. The van der Waals surface area contributed by atoms with E-state index < -0.39 is 23.4 Å². The quantitative estimate of drug-likeness (QED) is 0.753. The third-order valence-corrected chi connectivity index (χ3v) is 5.04. The molecule has 0 aliphatic carbocycles. The summed E-state index contributed by atoms with van der Waals surface area (Å²) in [6, 6.07) is 13.9. The number of hydrogen-bond donors (Lipinski definition) is 2. The second-order valence-corrected chi connectivity index (χ2v) is 6.72. The zero-order valence-corrected chi connectivity index (χ0v) is 16.1. The minimum absolute atomic E-state index is 0.314. The normalized spacial score (nSPS) is 18.8. The highest BCUT2D eigenvalue weighted by atomic mass is 16.5. The van der Waals surface area contributed by atoms with E-state index in [0.29, 0.717) is 17.7 Å². The molecule has 1 heterocycles. The average molecular weight is 381 g/mol. The summed E-state index contributed by atoms with van der Waals surface area (Å²) >= 11 is 0. The number of amides is 4. The molecule has 7 nitrogen and oxygen atoms in total. The van der Waals surface area contributed by atoms with Gasteiger partial charge in [-0.25, -0.2) is 4.79 Å². The topological polar surface area (TPSA) is 87.7 Å². The van der Waals surface area contributed by atoms with Crippen LogP contribution in [0.25, 0.3) is 0 Å². The predicted molar refractivity (Wildman–Crippen MR) is 103 cm³/mol. The maximum atomic E-state index is 13.0. The van der Waals surface area contributed by atoms with Gasteiger partial charge in [-0.2, -0.15) is 5.01 Å². The van der Waals surface area contributed by atoms with Crippen molar-refractivity contribution >= 4 is 17.8 Å². The number of hydrazine groups is 1. The highest BCUT2D eigenvalue weighted by Gasteiger charge is 2.52. The Bertz CT molecular complexity index is 913. The van der Waals surface area contributed by atoms with E-state index in [1.807, 2.05) is 32.0 Å². The van der Waals surface area contributed by atoms with Crippen molar-refractivity contribution in [2.75, 3.05) is 6.61 Å². The zero-order chi connectivity index (χ0) is 20.3. The molecule has 3 rings (SSSR count). The van der Waals surface area contributed by atoms with Gasteiger partial charge in [-0.05, 0) is 43.0 Å². The Hall–Kier alpha value is -3.35. The molecule has 1 saturated heterocycles. The third kappa shape index (κ3) is 3.43. The minimum Gasteiger partial charge on any atom is -0.483 e. The minimum atomic E-state index is -1.19. The van der Waals surface area contributed by atoms with Crippen LogP contribution in [-0.4, -0.2) is 29.5 Å². The molecule has 0 unspecified atom stereocenters. The Morgan fingerprint density at radius 3 is 2.50 bits per heavy atom. The smallest absolute Gasteiger partial charge is 0.344 e. The molecule has 0 aromatic heterocycles. The maximum absolute atomic E-state index is 13.0. The van der Waals surface area contributed by atoms with Gasteiger partial charge < -0.3 is 10.1 Å². The van der Waals surface area contributed by atoms with Crippen LogP contribution < -0.4 is 15.5 Å². The van der Waals surface area contributed by atoms with Crippen molar-refractivity contribution in [1.82, 2.24) is 15.8 Å². The van der Waals surface area contributed by atoms with Crippen molar-refractivity contribution in [3.05, 3.63) is 65.2 Å². The number of ether oxygens (including phenoxy) is 1. The summed E-state index contributed by atoms with van der Waals surface area (Å²) < 4.78 is 5.54. The van der Waals surface area contributed by atoms with Crippen LogP contribution in [-0.2, 0) is 15.1 Å². The van der Waals surface area contributed by atoms with E-state index in [-0.39, 0.29) is 6.61 Å². The van der Waals surface area contributed by atoms with Crippen molar-refractivity contribution < 1.29 is 19.1 Å². The Balaban J connectivity index is 1.70. The number of rotatable bonds is 6. The van der Waals surface area contributed by atoms with Crippen LogP contribution in [0.4, 0.5) is 4.79 Å². The van der Waals surface area contributed by atoms with Gasteiger partial charge in [0.1, 0.15) is 11.3 Å². The summed E-state index contributed by atoms with van der Waals surface area (Å²) in [6.07, 6.45) is 0.354. The molecule has 1 atom stereocenters. The zero-order valence-electron chi connectivity index (χ0n) is 16.1. The van der Waals surface area contributed by atoms with Gasteiger partial charge in [0.15, 0.2) is 6.61 Å². The molecule has 0 saturated carbocycles. The molecule has 4 amide bonds. The molecule has 146 valence electrons.